The van der Waals surface area contributed by atoms with Gasteiger partial charge in [-0.25, -0.2) is 8.78 Å². The van der Waals surface area contributed by atoms with Gasteiger partial charge in [0.2, 0.25) is 0 Å². The van der Waals surface area contributed by atoms with Crippen molar-refractivity contribution in [3.63, 3.8) is 0 Å². The van der Waals surface area contributed by atoms with Crippen LogP contribution in [0.1, 0.15) is 5.56 Å². The number of hydrogen-bond acceptors (Lipinski definition) is 1. The van der Waals surface area contributed by atoms with E-state index in [-0.39, 0.29) is 0 Å². The zero-order chi connectivity index (χ0) is 9.84. The zero-order valence-electron chi connectivity index (χ0n) is 7.20. The predicted molar refractivity (Wildman–Crippen MR) is 51.7 cm³/mol. The summed E-state index contributed by atoms with van der Waals surface area (Å²) >= 11 is 3.18. The Hall–Kier alpha value is -0.480. The molecule has 1 aromatic rings. The summed E-state index contributed by atoms with van der Waals surface area (Å²) in [7, 11) is 1.81. The van der Waals surface area contributed by atoms with Gasteiger partial charge < -0.3 is 5.32 Å². The Balaban J connectivity index is 2.88. The van der Waals surface area contributed by atoms with Gasteiger partial charge in [0, 0.05) is 4.47 Å². The fourth-order valence-electron chi connectivity index (χ4n) is 1.02. The number of benzene rings is 1. The lowest BCUT2D eigenvalue weighted by atomic mass is 10.1. The summed E-state index contributed by atoms with van der Waals surface area (Å²) in [6, 6.07) is 2.37. The average Bonchev–Trinajstić information content (AvgIpc) is 2.09. The molecule has 0 aliphatic rings. The van der Waals surface area contributed by atoms with E-state index in [0.717, 1.165) is 18.2 Å². The van der Waals surface area contributed by atoms with E-state index in [0.29, 0.717) is 10.9 Å². The van der Waals surface area contributed by atoms with Crippen LogP contribution in [-0.2, 0) is 6.42 Å². The maximum absolute atomic E-state index is 12.8. The summed E-state index contributed by atoms with van der Waals surface area (Å²) < 4.78 is 26.0. The van der Waals surface area contributed by atoms with Crippen LogP contribution in [0.4, 0.5) is 8.78 Å². The zero-order valence-corrected chi connectivity index (χ0v) is 8.79. The molecule has 0 unspecified atom stereocenters. The van der Waals surface area contributed by atoms with Crippen molar-refractivity contribution in [2.45, 2.75) is 6.42 Å². The highest BCUT2D eigenvalue weighted by atomic mass is 79.9. The first-order valence-electron chi connectivity index (χ1n) is 3.93. The molecule has 0 bridgehead atoms. The minimum absolute atomic E-state index is 0.613. The van der Waals surface area contributed by atoms with Gasteiger partial charge in [-0.3, -0.25) is 0 Å². The third kappa shape index (κ3) is 2.74. The molecule has 1 nitrogen and oxygen atoms in total. The first-order chi connectivity index (χ1) is 6.15. The van der Waals surface area contributed by atoms with Crippen LogP contribution in [-0.4, -0.2) is 13.6 Å². The molecule has 1 N–H and O–H groups in total. The average molecular weight is 250 g/mol. The Morgan fingerprint density at radius 2 is 1.92 bits per heavy atom. The SMILES string of the molecule is CNCCc1cc(F)c(F)cc1Br. The summed E-state index contributed by atoms with van der Waals surface area (Å²) in [6.07, 6.45) is 0.675. The molecule has 72 valence electrons. The van der Waals surface area contributed by atoms with Gasteiger partial charge in [-0.15, -0.1) is 0 Å². The Kier molecular flexibility index (Phi) is 3.81. The smallest absolute Gasteiger partial charge is 0.159 e. The van der Waals surface area contributed by atoms with Crippen LogP contribution in [0.5, 0.6) is 0 Å². The van der Waals surface area contributed by atoms with E-state index in [9.17, 15) is 8.78 Å². The summed E-state index contributed by atoms with van der Waals surface area (Å²) in [4.78, 5) is 0. The second kappa shape index (κ2) is 4.67. The third-order valence-electron chi connectivity index (χ3n) is 1.73. The molecule has 0 saturated heterocycles. The second-order valence-electron chi connectivity index (χ2n) is 2.71. The van der Waals surface area contributed by atoms with Crippen molar-refractivity contribution in [3.8, 4) is 0 Å². The van der Waals surface area contributed by atoms with Gasteiger partial charge in [0.1, 0.15) is 0 Å². The highest BCUT2D eigenvalue weighted by Crippen LogP contribution is 2.20. The Morgan fingerprint density at radius 1 is 1.31 bits per heavy atom. The van der Waals surface area contributed by atoms with Crippen LogP contribution in [0.25, 0.3) is 0 Å². The molecule has 0 fully saturated rings. The maximum atomic E-state index is 12.8. The van der Waals surface area contributed by atoms with Gasteiger partial charge in [-0.05, 0) is 37.7 Å². The number of likely N-dealkylation sites (N-methyl/N-ethyl adjacent to an activating group) is 1. The van der Waals surface area contributed by atoms with Gasteiger partial charge in [-0.2, -0.15) is 0 Å². The molecule has 1 aromatic carbocycles. The van der Waals surface area contributed by atoms with E-state index in [2.05, 4.69) is 21.2 Å². The molecule has 0 aliphatic carbocycles. The molecule has 1 rings (SSSR count). The van der Waals surface area contributed by atoms with Crippen LogP contribution in [0.3, 0.4) is 0 Å². The van der Waals surface area contributed by atoms with Gasteiger partial charge in [0.25, 0.3) is 0 Å². The van der Waals surface area contributed by atoms with Crippen LogP contribution >= 0.6 is 15.9 Å². The molecule has 0 aliphatic heterocycles. The normalized spacial score (nSPS) is 10.5. The van der Waals surface area contributed by atoms with Crippen LogP contribution < -0.4 is 5.32 Å². The number of halogens is 3. The van der Waals surface area contributed by atoms with Crippen molar-refractivity contribution in [3.05, 3.63) is 33.8 Å². The lowest BCUT2D eigenvalue weighted by Gasteiger charge is -2.04. The molecular weight excluding hydrogens is 240 g/mol. The van der Waals surface area contributed by atoms with Crippen molar-refractivity contribution in [2.75, 3.05) is 13.6 Å². The minimum Gasteiger partial charge on any atom is -0.319 e. The largest absolute Gasteiger partial charge is 0.319 e. The Labute approximate surface area is 84.3 Å². The second-order valence-corrected chi connectivity index (χ2v) is 3.57. The quantitative estimate of drug-likeness (QED) is 0.812. The van der Waals surface area contributed by atoms with E-state index in [1.165, 1.54) is 6.07 Å². The number of rotatable bonds is 3. The highest BCUT2D eigenvalue weighted by Gasteiger charge is 2.06. The molecular formula is C9H10BrF2N. The summed E-state index contributed by atoms with van der Waals surface area (Å²) in [5.74, 6) is -1.62. The molecule has 0 saturated carbocycles. The standard InChI is InChI=1S/C9H10BrF2N/c1-13-3-2-6-4-8(11)9(12)5-7(6)10/h4-5,13H,2-3H2,1H3. The van der Waals surface area contributed by atoms with E-state index in [4.69, 9.17) is 0 Å². The number of hydrogen-bond donors (Lipinski definition) is 1. The van der Waals surface area contributed by atoms with E-state index in [1.54, 1.807) is 0 Å². The molecule has 4 heteroatoms. The molecule has 13 heavy (non-hydrogen) atoms. The fraction of sp³-hybridized carbons (Fsp3) is 0.333. The third-order valence-corrected chi connectivity index (χ3v) is 2.47. The van der Waals surface area contributed by atoms with Crippen molar-refractivity contribution in [1.29, 1.82) is 0 Å². The molecule has 0 heterocycles. The van der Waals surface area contributed by atoms with Crippen LogP contribution in [0.15, 0.2) is 16.6 Å². The maximum Gasteiger partial charge on any atom is 0.159 e. The predicted octanol–water partition coefficient (Wildman–Crippen LogP) is 2.49. The number of nitrogens with one attached hydrogen (secondary N) is 1. The highest BCUT2D eigenvalue weighted by molar-refractivity contribution is 9.10. The first kappa shape index (κ1) is 10.6. The molecule has 0 amide bonds. The minimum atomic E-state index is -0.819. The van der Waals surface area contributed by atoms with Gasteiger partial charge in [0.15, 0.2) is 11.6 Å². The van der Waals surface area contributed by atoms with Crippen LogP contribution in [0.2, 0.25) is 0 Å². The van der Waals surface area contributed by atoms with Crippen molar-refractivity contribution >= 4 is 15.9 Å². The van der Waals surface area contributed by atoms with Gasteiger partial charge in [-0.1, -0.05) is 15.9 Å². The van der Waals surface area contributed by atoms with E-state index >= 15 is 0 Å². The summed E-state index contributed by atoms with van der Waals surface area (Å²) in [5, 5.41) is 2.94. The lowest BCUT2D eigenvalue weighted by molar-refractivity contribution is 0.506. The first-order valence-corrected chi connectivity index (χ1v) is 4.72. The molecule has 0 spiro atoms. The summed E-state index contributed by atoms with van der Waals surface area (Å²) in [5.41, 5.74) is 0.772. The Morgan fingerprint density at radius 3 is 2.54 bits per heavy atom. The van der Waals surface area contributed by atoms with E-state index in [1.807, 2.05) is 7.05 Å². The van der Waals surface area contributed by atoms with Crippen molar-refractivity contribution in [1.82, 2.24) is 5.32 Å². The van der Waals surface area contributed by atoms with Crippen molar-refractivity contribution < 1.29 is 8.78 Å². The van der Waals surface area contributed by atoms with Crippen LogP contribution in [0, 0.1) is 11.6 Å². The van der Waals surface area contributed by atoms with E-state index < -0.39 is 11.6 Å². The molecule has 0 atom stereocenters. The fourth-order valence-corrected chi connectivity index (χ4v) is 1.53. The monoisotopic (exact) mass is 249 g/mol. The summed E-state index contributed by atoms with van der Waals surface area (Å²) in [6.45, 7) is 0.740. The molecule has 0 aromatic heterocycles. The lowest BCUT2D eigenvalue weighted by Crippen LogP contribution is -2.10. The van der Waals surface area contributed by atoms with Crippen molar-refractivity contribution in [2.24, 2.45) is 0 Å². The Bertz CT molecular complexity index is 302. The molecule has 0 radical (unpaired) electrons. The topological polar surface area (TPSA) is 12.0 Å². The van der Waals surface area contributed by atoms with Gasteiger partial charge >= 0.3 is 0 Å². The van der Waals surface area contributed by atoms with Gasteiger partial charge in [0.05, 0.1) is 0 Å².